The molecule has 4 rings (SSSR count). The first kappa shape index (κ1) is 16.7. The number of aromatic nitrogens is 4. The van der Waals surface area contributed by atoms with E-state index >= 15 is 0 Å². The van der Waals surface area contributed by atoms with Gasteiger partial charge in [-0.1, -0.05) is 18.2 Å². The number of nitrogens with zero attached hydrogens (tertiary/aromatic N) is 5. The first-order valence-corrected chi connectivity index (χ1v) is 8.09. The molecule has 0 aliphatic rings. The van der Waals surface area contributed by atoms with E-state index in [0.29, 0.717) is 22.8 Å². The van der Waals surface area contributed by atoms with Crippen molar-refractivity contribution in [3.63, 3.8) is 0 Å². The zero-order chi connectivity index (χ0) is 19.0. The van der Waals surface area contributed by atoms with Crippen LogP contribution in [0.2, 0.25) is 0 Å². The van der Waals surface area contributed by atoms with Crippen molar-refractivity contribution >= 4 is 17.5 Å². The van der Waals surface area contributed by atoms with Gasteiger partial charge in [0.1, 0.15) is 11.5 Å². The lowest BCUT2D eigenvalue weighted by molar-refractivity contribution is 0.0778. The van der Waals surface area contributed by atoms with Gasteiger partial charge in [0.05, 0.1) is 6.26 Å². The van der Waals surface area contributed by atoms with E-state index in [2.05, 4.69) is 15.1 Å². The molecule has 3 heterocycles. The maximum absolute atomic E-state index is 13.8. The van der Waals surface area contributed by atoms with Crippen molar-refractivity contribution in [3.8, 4) is 11.6 Å². The van der Waals surface area contributed by atoms with E-state index in [1.54, 1.807) is 37.4 Å². The molecule has 8 nitrogen and oxygen atoms in total. The fourth-order valence-electron chi connectivity index (χ4n) is 2.68. The van der Waals surface area contributed by atoms with Crippen LogP contribution in [-0.4, -0.2) is 37.4 Å². The van der Waals surface area contributed by atoms with Crippen LogP contribution >= 0.6 is 0 Å². The highest BCUT2D eigenvalue weighted by molar-refractivity contribution is 5.93. The molecule has 136 valence electrons. The second-order valence-corrected chi connectivity index (χ2v) is 5.93. The number of hydrogen-bond donors (Lipinski definition) is 1. The van der Waals surface area contributed by atoms with Crippen LogP contribution in [0.1, 0.15) is 16.1 Å². The largest absolute Gasteiger partial charge is 0.461 e. The molecule has 0 saturated heterocycles. The molecule has 4 aromatic rings. The van der Waals surface area contributed by atoms with Crippen molar-refractivity contribution < 1.29 is 13.6 Å². The first-order valence-electron chi connectivity index (χ1n) is 8.09. The Balaban J connectivity index is 1.64. The molecule has 27 heavy (non-hydrogen) atoms. The van der Waals surface area contributed by atoms with E-state index in [1.807, 2.05) is 0 Å². The van der Waals surface area contributed by atoms with Gasteiger partial charge in [-0.05, 0) is 18.2 Å². The van der Waals surface area contributed by atoms with Crippen molar-refractivity contribution in [1.82, 2.24) is 24.5 Å². The summed E-state index contributed by atoms with van der Waals surface area (Å²) in [6.45, 7) is 0.0998. The Kier molecular flexibility index (Phi) is 4.03. The quantitative estimate of drug-likeness (QED) is 0.595. The van der Waals surface area contributed by atoms with E-state index in [1.165, 1.54) is 27.8 Å². The molecular weight excluding hydrogens is 351 g/mol. The Bertz CT molecular complexity index is 1120. The molecule has 0 radical (unpaired) electrons. The van der Waals surface area contributed by atoms with Gasteiger partial charge in [0.2, 0.25) is 11.8 Å². The van der Waals surface area contributed by atoms with Gasteiger partial charge < -0.3 is 15.1 Å². The highest BCUT2D eigenvalue weighted by Crippen LogP contribution is 2.19. The topological polar surface area (TPSA) is 103 Å². The molecule has 0 bridgehead atoms. The Morgan fingerprint density at radius 3 is 2.81 bits per heavy atom. The minimum absolute atomic E-state index is 0.0143. The molecule has 1 aromatic carbocycles. The third kappa shape index (κ3) is 3.10. The van der Waals surface area contributed by atoms with Crippen molar-refractivity contribution in [1.29, 1.82) is 0 Å². The Morgan fingerprint density at radius 2 is 2.07 bits per heavy atom. The second-order valence-electron chi connectivity index (χ2n) is 5.93. The number of nitrogens with two attached hydrogens (primary N) is 1. The van der Waals surface area contributed by atoms with Crippen LogP contribution in [0.3, 0.4) is 0 Å². The number of rotatable bonds is 4. The van der Waals surface area contributed by atoms with Gasteiger partial charge in [-0.2, -0.15) is 4.52 Å². The van der Waals surface area contributed by atoms with E-state index in [-0.39, 0.29) is 24.0 Å². The lowest BCUT2D eigenvalue weighted by Crippen LogP contribution is -2.28. The number of carbonyl (C=O) groups excluding carboxylic acids is 1. The van der Waals surface area contributed by atoms with Crippen LogP contribution in [0.5, 0.6) is 0 Å². The summed E-state index contributed by atoms with van der Waals surface area (Å²) in [5.74, 6) is 0.0385. The molecule has 2 N–H and O–H groups in total. The predicted molar refractivity (Wildman–Crippen MR) is 95.1 cm³/mol. The van der Waals surface area contributed by atoms with Gasteiger partial charge in [-0.3, -0.25) is 4.79 Å². The normalized spacial score (nSPS) is 11.0. The summed E-state index contributed by atoms with van der Waals surface area (Å²) in [4.78, 5) is 22.5. The van der Waals surface area contributed by atoms with Gasteiger partial charge in [0, 0.05) is 25.2 Å². The van der Waals surface area contributed by atoms with Gasteiger partial charge >= 0.3 is 0 Å². The molecule has 0 unspecified atom stereocenters. The fraction of sp³-hybridized carbons (Fsp3) is 0.111. The molecule has 9 heteroatoms. The number of nitrogen functional groups attached to an aromatic ring is 1. The molecule has 0 spiro atoms. The lowest BCUT2D eigenvalue weighted by atomic mass is 10.2. The molecule has 3 aromatic heterocycles. The Morgan fingerprint density at radius 1 is 1.26 bits per heavy atom. The van der Waals surface area contributed by atoms with Crippen molar-refractivity contribution in [2.75, 3.05) is 12.8 Å². The Labute approximate surface area is 153 Å². The highest BCUT2D eigenvalue weighted by Gasteiger charge is 2.19. The van der Waals surface area contributed by atoms with Gasteiger partial charge in [0.15, 0.2) is 11.4 Å². The predicted octanol–water partition coefficient (Wildman–Crippen LogP) is 2.38. The minimum Gasteiger partial charge on any atom is -0.461 e. The van der Waals surface area contributed by atoms with Crippen molar-refractivity contribution in [2.45, 2.75) is 6.54 Å². The zero-order valence-corrected chi connectivity index (χ0v) is 14.3. The SMILES string of the molecule is CN(Cc1ccccc1F)C(=O)c1cc2nc(-c3ccco3)nn2c(N)n1. The summed E-state index contributed by atoms with van der Waals surface area (Å²) in [6, 6.07) is 11.2. The molecule has 0 saturated carbocycles. The first-order chi connectivity index (χ1) is 13.0. The second kappa shape index (κ2) is 6.52. The number of amides is 1. The van der Waals surface area contributed by atoms with Crippen LogP contribution in [0, 0.1) is 5.82 Å². The number of hydrogen-bond acceptors (Lipinski definition) is 6. The number of carbonyl (C=O) groups is 1. The molecular formula is C18H15FN6O2. The fourth-order valence-corrected chi connectivity index (χ4v) is 2.68. The van der Waals surface area contributed by atoms with Crippen LogP contribution in [0.15, 0.2) is 53.1 Å². The number of halogens is 1. The van der Waals surface area contributed by atoms with Crippen LogP contribution in [-0.2, 0) is 6.54 Å². The third-order valence-corrected chi connectivity index (χ3v) is 4.02. The lowest BCUT2D eigenvalue weighted by Gasteiger charge is -2.17. The zero-order valence-electron chi connectivity index (χ0n) is 14.3. The summed E-state index contributed by atoms with van der Waals surface area (Å²) < 4.78 is 20.4. The average Bonchev–Trinajstić information content (AvgIpc) is 3.32. The van der Waals surface area contributed by atoms with Crippen LogP contribution < -0.4 is 5.73 Å². The summed E-state index contributed by atoms with van der Waals surface area (Å²) in [5, 5.41) is 4.23. The molecule has 1 amide bonds. The maximum Gasteiger partial charge on any atom is 0.272 e. The van der Waals surface area contributed by atoms with Crippen LogP contribution in [0.4, 0.5) is 10.3 Å². The molecule has 0 atom stereocenters. The van der Waals surface area contributed by atoms with Gasteiger partial charge in [0.25, 0.3) is 5.91 Å². The number of anilines is 1. The van der Waals surface area contributed by atoms with Gasteiger partial charge in [-0.25, -0.2) is 14.4 Å². The number of fused-ring (bicyclic) bond motifs is 1. The van der Waals surface area contributed by atoms with E-state index in [4.69, 9.17) is 10.2 Å². The summed E-state index contributed by atoms with van der Waals surface area (Å²) in [5.41, 5.74) is 6.79. The van der Waals surface area contributed by atoms with Gasteiger partial charge in [-0.15, -0.1) is 5.10 Å². The molecule has 0 aliphatic carbocycles. The third-order valence-electron chi connectivity index (χ3n) is 4.02. The Hall–Kier alpha value is -3.75. The maximum atomic E-state index is 13.8. The summed E-state index contributed by atoms with van der Waals surface area (Å²) >= 11 is 0. The summed E-state index contributed by atoms with van der Waals surface area (Å²) in [6.07, 6.45) is 1.51. The van der Waals surface area contributed by atoms with E-state index in [9.17, 15) is 9.18 Å². The molecule has 0 fully saturated rings. The minimum atomic E-state index is -0.407. The summed E-state index contributed by atoms with van der Waals surface area (Å²) in [7, 11) is 1.56. The smallest absolute Gasteiger partial charge is 0.272 e. The average molecular weight is 366 g/mol. The van der Waals surface area contributed by atoms with Crippen molar-refractivity contribution in [2.24, 2.45) is 0 Å². The number of furan rings is 1. The molecule has 0 aliphatic heterocycles. The van der Waals surface area contributed by atoms with E-state index in [0.717, 1.165) is 0 Å². The van der Waals surface area contributed by atoms with E-state index < -0.39 is 5.91 Å². The number of benzene rings is 1. The highest BCUT2D eigenvalue weighted by atomic mass is 19.1. The van der Waals surface area contributed by atoms with Crippen molar-refractivity contribution in [3.05, 3.63) is 65.8 Å². The monoisotopic (exact) mass is 366 g/mol. The van der Waals surface area contributed by atoms with Crippen LogP contribution in [0.25, 0.3) is 17.2 Å². The standard InChI is InChI=1S/C18H15FN6O2/c1-24(10-11-5-2-3-6-12(11)19)17(26)13-9-15-22-16(14-7-4-8-27-14)23-25(15)18(20)21-13/h2-9H,10H2,1H3,(H2,20,21).